The standard InChI is InChI=1S/C65H42F2N2O2/c1-3-46-54(68(56-36-31-44(66)38-52(56)41-16-6-4-7-17-41)58-24-14-22-49-47-20-10-12-26-60(47)70-64(49)58)35-30-43-29-33-51-55(34-28-40(2)62(51)63(43)46)69(57-37-32-45(67)39-53(57)42-18-8-5-9-19-42)59-25-15-23-50-48-21-11-13-27-61(48)71-65(50)59/h3-39H,1H2,2H3. The lowest BCUT2D eigenvalue weighted by atomic mass is 9.91. The van der Waals surface area contributed by atoms with Gasteiger partial charge in [0.1, 0.15) is 22.8 Å². The number of aryl methyl sites for hydroxylation is 1. The van der Waals surface area contributed by atoms with Gasteiger partial charge >= 0.3 is 0 Å². The fourth-order valence-electron chi connectivity index (χ4n) is 10.7. The lowest BCUT2D eigenvalue weighted by molar-refractivity contribution is 0.628. The molecule has 0 unspecified atom stereocenters. The Labute approximate surface area is 408 Å². The number of fused-ring (bicyclic) bond motifs is 9. The van der Waals surface area contributed by atoms with Gasteiger partial charge in [0.15, 0.2) is 11.2 Å². The Balaban J connectivity index is 1.12. The first-order valence-electron chi connectivity index (χ1n) is 23.7. The third kappa shape index (κ3) is 6.79. The molecule has 0 fully saturated rings. The van der Waals surface area contributed by atoms with Crippen LogP contribution in [0.25, 0.3) is 93.8 Å². The molecular weight excluding hydrogens is 879 g/mol. The molecule has 0 aliphatic carbocycles. The number of para-hydroxylation sites is 4. The van der Waals surface area contributed by atoms with Crippen LogP contribution in [0.2, 0.25) is 0 Å². The lowest BCUT2D eigenvalue weighted by Gasteiger charge is -2.31. The van der Waals surface area contributed by atoms with Gasteiger partial charge in [-0.05, 0) is 113 Å². The normalized spacial score (nSPS) is 11.6. The predicted octanol–water partition coefficient (Wildman–Crippen LogP) is 19.3. The molecule has 0 bridgehead atoms. The number of hydrogen-bond acceptors (Lipinski definition) is 4. The molecule has 0 atom stereocenters. The van der Waals surface area contributed by atoms with Crippen molar-refractivity contribution in [1.82, 2.24) is 0 Å². The van der Waals surface area contributed by atoms with Crippen molar-refractivity contribution in [2.45, 2.75) is 6.92 Å². The Morgan fingerprint density at radius 2 is 0.859 bits per heavy atom. The fourth-order valence-corrected chi connectivity index (χ4v) is 10.7. The van der Waals surface area contributed by atoms with Crippen LogP contribution in [0.5, 0.6) is 0 Å². The van der Waals surface area contributed by atoms with Gasteiger partial charge in [-0.25, -0.2) is 8.78 Å². The van der Waals surface area contributed by atoms with E-state index in [0.29, 0.717) is 16.7 Å². The SMILES string of the molecule is C=Cc1c(N(c2ccc(F)cc2-c2ccccc2)c2cccc3c2oc2ccccc23)ccc2ccc3c(N(c4ccc(F)cc4-c4ccccc4)c4cccc5c4oc4ccccc45)ccc(C)c3c12. The van der Waals surface area contributed by atoms with Crippen molar-refractivity contribution in [2.75, 3.05) is 9.80 Å². The van der Waals surface area contributed by atoms with Gasteiger partial charge in [0, 0.05) is 43.6 Å². The van der Waals surface area contributed by atoms with E-state index in [1.807, 2.05) is 115 Å². The third-order valence-corrected chi connectivity index (χ3v) is 13.9. The first-order valence-corrected chi connectivity index (χ1v) is 23.7. The van der Waals surface area contributed by atoms with E-state index in [1.54, 1.807) is 12.1 Å². The van der Waals surface area contributed by atoms with Crippen LogP contribution in [-0.4, -0.2) is 0 Å². The van der Waals surface area contributed by atoms with E-state index < -0.39 is 0 Å². The van der Waals surface area contributed by atoms with Crippen LogP contribution < -0.4 is 9.80 Å². The summed E-state index contributed by atoms with van der Waals surface area (Å²) in [5, 5.41) is 7.94. The van der Waals surface area contributed by atoms with Crippen molar-refractivity contribution in [3.05, 3.63) is 248 Å². The van der Waals surface area contributed by atoms with Crippen molar-refractivity contribution >= 4 is 106 Å². The molecule has 0 aliphatic heterocycles. The van der Waals surface area contributed by atoms with Gasteiger partial charge < -0.3 is 18.6 Å². The maximum Gasteiger partial charge on any atom is 0.159 e. The van der Waals surface area contributed by atoms with Crippen LogP contribution in [0.15, 0.2) is 234 Å². The van der Waals surface area contributed by atoms with Crippen LogP contribution >= 0.6 is 0 Å². The zero-order valence-electron chi connectivity index (χ0n) is 38.5. The summed E-state index contributed by atoms with van der Waals surface area (Å²) in [6, 6.07) is 71.4. The number of benzene rings is 11. The Hall–Kier alpha value is -9.26. The molecule has 13 aromatic rings. The topological polar surface area (TPSA) is 32.8 Å². The average molecular weight is 921 g/mol. The second kappa shape index (κ2) is 16.8. The smallest absolute Gasteiger partial charge is 0.159 e. The molecule has 13 rings (SSSR count). The van der Waals surface area contributed by atoms with E-state index >= 15 is 8.78 Å². The monoisotopic (exact) mass is 920 g/mol. The van der Waals surface area contributed by atoms with E-state index in [0.717, 1.165) is 116 Å². The summed E-state index contributed by atoms with van der Waals surface area (Å²) in [5.41, 5.74) is 12.9. The van der Waals surface area contributed by atoms with Crippen LogP contribution in [-0.2, 0) is 0 Å². The van der Waals surface area contributed by atoms with Crippen molar-refractivity contribution in [1.29, 1.82) is 0 Å². The van der Waals surface area contributed by atoms with Crippen LogP contribution in [0.4, 0.5) is 42.9 Å². The second-order valence-corrected chi connectivity index (χ2v) is 17.9. The number of halogens is 2. The van der Waals surface area contributed by atoms with E-state index in [9.17, 15) is 0 Å². The van der Waals surface area contributed by atoms with Gasteiger partial charge in [-0.1, -0.05) is 158 Å². The molecule has 0 saturated carbocycles. The first-order chi connectivity index (χ1) is 34.9. The zero-order valence-corrected chi connectivity index (χ0v) is 38.5. The fraction of sp³-hybridized carbons (Fsp3) is 0.0154. The quantitative estimate of drug-likeness (QED) is 0.135. The summed E-state index contributed by atoms with van der Waals surface area (Å²) in [5.74, 6) is -0.678. The van der Waals surface area contributed by atoms with Crippen molar-refractivity contribution in [3.8, 4) is 22.3 Å². The molecule has 0 amide bonds. The van der Waals surface area contributed by atoms with Gasteiger partial charge in [0.05, 0.1) is 34.1 Å². The van der Waals surface area contributed by atoms with E-state index in [4.69, 9.17) is 8.83 Å². The molecular formula is C65H42F2N2O2. The number of nitrogens with zero attached hydrogens (tertiary/aromatic N) is 2. The molecule has 2 heterocycles. The summed E-state index contributed by atoms with van der Waals surface area (Å²) in [4.78, 5) is 4.41. The number of anilines is 6. The molecule has 0 spiro atoms. The van der Waals surface area contributed by atoms with E-state index in [1.165, 1.54) is 12.1 Å². The molecule has 0 aliphatic rings. The van der Waals surface area contributed by atoms with Crippen molar-refractivity contribution in [2.24, 2.45) is 0 Å². The molecule has 4 nitrogen and oxygen atoms in total. The molecule has 0 N–H and O–H groups in total. The lowest BCUT2D eigenvalue weighted by Crippen LogP contribution is -2.14. The largest absolute Gasteiger partial charge is 0.454 e. The summed E-state index contributed by atoms with van der Waals surface area (Å²) < 4.78 is 44.8. The summed E-state index contributed by atoms with van der Waals surface area (Å²) in [7, 11) is 0. The van der Waals surface area contributed by atoms with Crippen LogP contribution in [0, 0.1) is 18.6 Å². The molecule has 338 valence electrons. The Kier molecular flexibility index (Phi) is 9.89. The Morgan fingerprint density at radius 3 is 1.41 bits per heavy atom. The predicted molar refractivity (Wildman–Crippen MR) is 291 cm³/mol. The zero-order chi connectivity index (χ0) is 47.7. The highest BCUT2D eigenvalue weighted by Crippen LogP contribution is 2.52. The highest BCUT2D eigenvalue weighted by atomic mass is 19.1. The molecule has 11 aromatic carbocycles. The molecule has 2 aromatic heterocycles. The molecule has 0 saturated heterocycles. The maximum absolute atomic E-state index is 15.6. The maximum atomic E-state index is 15.6. The highest BCUT2D eigenvalue weighted by molar-refractivity contribution is 6.20. The molecule has 6 heteroatoms. The molecule has 71 heavy (non-hydrogen) atoms. The van der Waals surface area contributed by atoms with Gasteiger partial charge in [-0.2, -0.15) is 0 Å². The van der Waals surface area contributed by atoms with Gasteiger partial charge in [0.2, 0.25) is 0 Å². The second-order valence-electron chi connectivity index (χ2n) is 17.9. The minimum atomic E-state index is -0.342. The van der Waals surface area contributed by atoms with E-state index in [2.05, 4.69) is 108 Å². The van der Waals surface area contributed by atoms with E-state index in [-0.39, 0.29) is 11.6 Å². The van der Waals surface area contributed by atoms with Gasteiger partial charge in [0.25, 0.3) is 0 Å². The third-order valence-electron chi connectivity index (χ3n) is 13.9. The minimum absolute atomic E-state index is 0.336. The number of hydrogen-bond donors (Lipinski definition) is 0. The number of rotatable bonds is 9. The summed E-state index contributed by atoms with van der Waals surface area (Å²) >= 11 is 0. The average Bonchev–Trinajstić information content (AvgIpc) is 4.00. The molecule has 0 radical (unpaired) electrons. The summed E-state index contributed by atoms with van der Waals surface area (Å²) in [6.45, 7) is 6.67. The summed E-state index contributed by atoms with van der Waals surface area (Å²) in [6.07, 6.45) is 1.93. The van der Waals surface area contributed by atoms with Crippen LogP contribution in [0.1, 0.15) is 11.1 Å². The minimum Gasteiger partial charge on any atom is -0.454 e. The van der Waals surface area contributed by atoms with Crippen molar-refractivity contribution in [3.63, 3.8) is 0 Å². The first kappa shape index (κ1) is 41.9. The van der Waals surface area contributed by atoms with Crippen molar-refractivity contribution < 1.29 is 17.6 Å². The van der Waals surface area contributed by atoms with Crippen LogP contribution in [0.3, 0.4) is 0 Å². The highest BCUT2D eigenvalue weighted by Gasteiger charge is 2.28. The Bertz CT molecular complexity index is 4250. The number of furan rings is 2. The Morgan fingerprint density at radius 1 is 0.394 bits per heavy atom. The van der Waals surface area contributed by atoms with Gasteiger partial charge in [-0.15, -0.1) is 0 Å². The van der Waals surface area contributed by atoms with Gasteiger partial charge in [-0.3, -0.25) is 0 Å².